The number of rotatable bonds is 7. The van der Waals surface area contributed by atoms with Crippen molar-refractivity contribution in [3.8, 4) is 6.07 Å². The molecule has 0 aromatic carbocycles. The van der Waals surface area contributed by atoms with Crippen LogP contribution in [0.1, 0.15) is 46.5 Å². The molecule has 1 fully saturated rings. The van der Waals surface area contributed by atoms with Gasteiger partial charge in [-0.1, -0.05) is 20.3 Å². The van der Waals surface area contributed by atoms with Crippen LogP contribution in [0.4, 0.5) is 0 Å². The Balaban J connectivity index is 2.43. The number of aliphatic hydroxyl groups excluding tert-OH is 1. The van der Waals surface area contributed by atoms with Crippen LogP contribution in [0.2, 0.25) is 0 Å². The zero-order chi connectivity index (χ0) is 13.6. The van der Waals surface area contributed by atoms with Crippen molar-refractivity contribution in [2.45, 2.75) is 63.3 Å². The molecule has 104 valence electrons. The highest BCUT2D eigenvalue weighted by molar-refractivity contribution is 7.99. The summed E-state index contributed by atoms with van der Waals surface area (Å²) in [7, 11) is 0. The van der Waals surface area contributed by atoms with Gasteiger partial charge in [-0.15, -0.1) is 0 Å². The van der Waals surface area contributed by atoms with E-state index in [0.29, 0.717) is 5.92 Å². The van der Waals surface area contributed by atoms with E-state index in [0.717, 1.165) is 38.0 Å². The van der Waals surface area contributed by atoms with Gasteiger partial charge in [0.2, 0.25) is 0 Å². The van der Waals surface area contributed by atoms with Gasteiger partial charge in [0.1, 0.15) is 5.54 Å². The summed E-state index contributed by atoms with van der Waals surface area (Å²) in [5.74, 6) is 1.50. The maximum absolute atomic E-state index is 9.46. The Kier molecular flexibility index (Phi) is 6.48. The van der Waals surface area contributed by atoms with E-state index in [4.69, 9.17) is 0 Å². The topological polar surface area (TPSA) is 56.0 Å². The third-order valence-electron chi connectivity index (χ3n) is 4.04. The fourth-order valence-corrected chi connectivity index (χ4v) is 3.81. The van der Waals surface area contributed by atoms with Gasteiger partial charge in [0.25, 0.3) is 0 Å². The summed E-state index contributed by atoms with van der Waals surface area (Å²) in [6.45, 7) is 6.83. The fourth-order valence-electron chi connectivity index (χ4n) is 2.74. The number of aliphatic hydroxyl groups is 1. The number of nitrogens with one attached hydrogen (secondary N) is 1. The van der Waals surface area contributed by atoms with E-state index in [1.54, 1.807) is 0 Å². The van der Waals surface area contributed by atoms with Gasteiger partial charge in [-0.3, -0.25) is 5.32 Å². The van der Waals surface area contributed by atoms with Gasteiger partial charge in [0.15, 0.2) is 0 Å². The van der Waals surface area contributed by atoms with E-state index < -0.39 is 0 Å². The smallest absolute Gasteiger partial charge is 0.109 e. The molecule has 0 bridgehead atoms. The van der Waals surface area contributed by atoms with E-state index in [9.17, 15) is 10.4 Å². The molecule has 0 amide bonds. The third kappa shape index (κ3) is 3.88. The molecule has 0 radical (unpaired) electrons. The Labute approximate surface area is 115 Å². The van der Waals surface area contributed by atoms with Crippen LogP contribution in [0.3, 0.4) is 0 Å². The Morgan fingerprint density at radius 1 is 1.56 bits per heavy atom. The summed E-state index contributed by atoms with van der Waals surface area (Å²) in [6, 6.07) is 2.52. The molecule has 4 atom stereocenters. The Morgan fingerprint density at radius 2 is 2.28 bits per heavy atom. The standard InChI is InChI=1S/C14H26N2OS/c1-4-16-14(10-15)8-5-6-13(14)7-9-18-12(3)11(2)17/h11-13,16-17H,4-9H2,1-3H3. The van der Waals surface area contributed by atoms with Gasteiger partial charge >= 0.3 is 0 Å². The summed E-state index contributed by atoms with van der Waals surface area (Å²) in [5.41, 5.74) is -0.288. The van der Waals surface area contributed by atoms with Crippen LogP contribution in [-0.4, -0.2) is 34.3 Å². The first-order valence-corrected chi connectivity index (χ1v) is 8.06. The van der Waals surface area contributed by atoms with Gasteiger partial charge in [-0.25, -0.2) is 0 Å². The Morgan fingerprint density at radius 3 is 2.83 bits per heavy atom. The van der Waals surface area contributed by atoms with Crippen molar-refractivity contribution >= 4 is 11.8 Å². The number of thioether (sulfide) groups is 1. The molecule has 0 saturated heterocycles. The molecule has 1 saturated carbocycles. The van der Waals surface area contributed by atoms with Crippen molar-refractivity contribution in [3.05, 3.63) is 0 Å². The average molecular weight is 270 g/mol. The number of nitriles is 1. The van der Waals surface area contributed by atoms with Gasteiger partial charge < -0.3 is 5.11 Å². The molecule has 0 spiro atoms. The maximum atomic E-state index is 9.46. The van der Waals surface area contributed by atoms with Gasteiger partial charge in [-0.05, 0) is 44.4 Å². The van der Waals surface area contributed by atoms with Crippen molar-refractivity contribution in [1.29, 1.82) is 5.26 Å². The molecule has 0 aromatic heterocycles. The minimum absolute atomic E-state index is 0.256. The van der Waals surface area contributed by atoms with E-state index in [2.05, 4.69) is 25.2 Å². The molecule has 0 aliphatic heterocycles. The molecule has 3 nitrogen and oxygen atoms in total. The highest BCUT2D eigenvalue weighted by Gasteiger charge is 2.42. The molecule has 1 aliphatic rings. The molecular weight excluding hydrogens is 244 g/mol. The Bertz CT molecular complexity index is 290. The van der Waals surface area contributed by atoms with Crippen LogP contribution in [-0.2, 0) is 0 Å². The van der Waals surface area contributed by atoms with Crippen molar-refractivity contribution in [2.24, 2.45) is 5.92 Å². The third-order valence-corrected chi connectivity index (χ3v) is 5.43. The van der Waals surface area contributed by atoms with E-state index in [1.165, 1.54) is 0 Å². The van der Waals surface area contributed by atoms with Crippen LogP contribution < -0.4 is 5.32 Å². The normalized spacial score (nSPS) is 30.9. The number of hydrogen-bond acceptors (Lipinski definition) is 4. The molecular formula is C14H26N2OS. The maximum Gasteiger partial charge on any atom is 0.109 e. The summed E-state index contributed by atoms with van der Waals surface area (Å²) < 4.78 is 0. The monoisotopic (exact) mass is 270 g/mol. The summed E-state index contributed by atoms with van der Waals surface area (Å²) in [5, 5.41) is 22.6. The summed E-state index contributed by atoms with van der Waals surface area (Å²) >= 11 is 1.81. The average Bonchev–Trinajstić information content (AvgIpc) is 2.73. The fraction of sp³-hybridized carbons (Fsp3) is 0.929. The predicted octanol–water partition coefficient (Wildman–Crippen LogP) is 2.55. The largest absolute Gasteiger partial charge is 0.392 e. The first kappa shape index (κ1) is 15.8. The molecule has 4 heteroatoms. The minimum atomic E-state index is -0.288. The minimum Gasteiger partial charge on any atom is -0.392 e. The van der Waals surface area contributed by atoms with E-state index in [-0.39, 0.29) is 16.9 Å². The first-order valence-electron chi connectivity index (χ1n) is 7.01. The molecule has 0 heterocycles. The van der Waals surface area contributed by atoms with Crippen molar-refractivity contribution in [2.75, 3.05) is 12.3 Å². The van der Waals surface area contributed by atoms with Gasteiger partial charge in [0.05, 0.1) is 12.2 Å². The lowest BCUT2D eigenvalue weighted by Gasteiger charge is -2.29. The molecule has 0 aromatic rings. The SMILES string of the molecule is CCNC1(C#N)CCCC1CCSC(C)C(C)O. The first-order chi connectivity index (χ1) is 8.55. The van der Waals surface area contributed by atoms with Crippen LogP contribution >= 0.6 is 11.8 Å². The van der Waals surface area contributed by atoms with Gasteiger partial charge in [-0.2, -0.15) is 17.0 Å². The van der Waals surface area contributed by atoms with Crippen LogP contribution in [0.15, 0.2) is 0 Å². The molecule has 1 aliphatic carbocycles. The van der Waals surface area contributed by atoms with E-state index in [1.807, 2.05) is 18.7 Å². The second-order valence-electron chi connectivity index (χ2n) is 5.31. The second-order valence-corrected chi connectivity index (χ2v) is 6.79. The summed E-state index contributed by atoms with van der Waals surface area (Å²) in [6.07, 6.45) is 4.11. The van der Waals surface area contributed by atoms with Crippen LogP contribution in [0.5, 0.6) is 0 Å². The zero-order valence-electron chi connectivity index (χ0n) is 11.8. The van der Waals surface area contributed by atoms with Crippen LogP contribution in [0, 0.1) is 17.2 Å². The van der Waals surface area contributed by atoms with Crippen LogP contribution in [0.25, 0.3) is 0 Å². The second kappa shape index (κ2) is 7.37. The quantitative estimate of drug-likeness (QED) is 0.746. The molecule has 18 heavy (non-hydrogen) atoms. The highest BCUT2D eigenvalue weighted by Crippen LogP contribution is 2.38. The molecule has 4 unspecified atom stereocenters. The van der Waals surface area contributed by atoms with Crippen molar-refractivity contribution in [1.82, 2.24) is 5.32 Å². The lowest BCUT2D eigenvalue weighted by atomic mass is 9.86. The molecule has 2 N–H and O–H groups in total. The Hall–Kier alpha value is -0.240. The highest BCUT2D eigenvalue weighted by atomic mass is 32.2. The summed E-state index contributed by atoms with van der Waals surface area (Å²) in [4.78, 5) is 0. The lowest BCUT2D eigenvalue weighted by Crippen LogP contribution is -2.47. The van der Waals surface area contributed by atoms with E-state index >= 15 is 0 Å². The van der Waals surface area contributed by atoms with Crippen molar-refractivity contribution < 1.29 is 5.11 Å². The lowest BCUT2D eigenvalue weighted by molar-refractivity contribution is 0.196. The number of hydrogen-bond donors (Lipinski definition) is 2. The van der Waals surface area contributed by atoms with Crippen molar-refractivity contribution in [3.63, 3.8) is 0 Å². The number of nitrogens with zero attached hydrogens (tertiary/aromatic N) is 1. The van der Waals surface area contributed by atoms with Gasteiger partial charge in [0, 0.05) is 5.25 Å². The zero-order valence-corrected chi connectivity index (χ0v) is 12.6. The predicted molar refractivity (Wildman–Crippen MR) is 77.6 cm³/mol. The molecule has 1 rings (SSSR count).